The molecule has 3 nitrogen and oxygen atoms in total. The van der Waals surface area contributed by atoms with Crippen molar-refractivity contribution in [1.82, 2.24) is 0 Å². The molecule has 4 heteroatoms. The SMILES string of the molecule is CSc1ccc(NC(=O)CCC(C)=O)cc1. The molecule has 1 aromatic carbocycles. The molecule has 16 heavy (non-hydrogen) atoms. The van der Waals surface area contributed by atoms with Gasteiger partial charge in [-0.05, 0) is 37.4 Å². The molecule has 0 spiro atoms. The summed E-state index contributed by atoms with van der Waals surface area (Å²) in [6.45, 7) is 1.49. The summed E-state index contributed by atoms with van der Waals surface area (Å²) in [5.41, 5.74) is 0.770. The molecule has 0 heterocycles. The van der Waals surface area contributed by atoms with Crippen LogP contribution in [0.15, 0.2) is 29.2 Å². The van der Waals surface area contributed by atoms with Gasteiger partial charge in [-0.25, -0.2) is 0 Å². The number of carbonyl (C=O) groups excluding carboxylic acids is 2. The number of rotatable bonds is 5. The van der Waals surface area contributed by atoms with Crippen LogP contribution in [0, 0.1) is 0 Å². The van der Waals surface area contributed by atoms with Crippen molar-refractivity contribution >= 4 is 29.1 Å². The van der Waals surface area contributed by atoms with Crippen molar-refractivity contribution in [2.75, 3.05) is 11.6 Å². The first-order chi connectivity index (χ1) is 7.61. The standard InChI is InChI=1S/C12H15NO2S/c1-9(14)3-8-12(15)13-10-4-6-11(16-2)7-5-10/h4-7H,3,8H2,1-2H3,(H,13,15). The quantitative estimate of drug-likeness (QED) is 0.801. The average Bonchev–Trinajstić information content (AvgIpc) is 2.27. The lowest BCUT2D eigenvalue weighted by Crippen LogP contribution is -2.12. The Balaban J connectivity index is 2.46. The number of benzene rings is 1. The van der Waals surface area contributed by atoms with Crippen molar-refractivity contribution < 1.29 is 9.59 Å². The van der Waals surface area contributed by atoms with Gasteiger partial charge in [0.15, 0.2) is 0 Å². The van der Waals surface area contributed by atoms with Gasteiger partial charge in [-0.3, -0.25) is 4.79 Å². The second-order valence-corrected chi connectivity index (χ2v) is 4.36. The molecule has 0 saturated carbocycles. The van der Waals surface area contributed by atoms with E-state index in [0.717, 1.165) is 10.6 Å². The minimum absolute atomic E-state index is 0.0351. The van der Waals surface area contributed by atoms with E-state index in [1.54, 1.807) is 11.8 Å². The molecule has 0 radical (unpaired) electrons. The number of anilines is 1. The summed E-state index contributed by atoms with van der Waals surface area (Å²) < 4.78 is 0. The summed E-state index contributed by atoms with van der Waals surface area (Å²) in [7, 11) is 0. The van der Waals surface area contributed by atoms with Crippen LogP contribution in [0.3, 0.4) is 0 Å². The van der Waals surface area contributed by atoms with Crippen molar-refractivity contribution in [2.24, 2.45) is 0 Å². The molecule has 86 valence electrons. The van der Waals surface area contributed by atoms with Crippen LogP contribution in [0.5, 0.6) is 0 Å². The van der Waals surface area contributed by atoms with Crippen LogP contribution in [-0.2, 0) is 9.59 Å². The van der Waals surface area contributed by atoms with Crippen molar-refractivity contribution in [1.29, 1.82) is 0 Å². The fraction of sp³-hybridized carbons (Fsp3) is 0.333. The summed E-state index contributed by atoms with van der Waals surface area (Å²) in [5.74, 6) is -0.0833. The Morgan fingerprint density at radius 1 is 1.19 bits per heavy atom. The Labute approximate surface area is 99.6 Å². The van der Waals surface area contributed by atoms with Crippen LogP contribution in [0.25, 0.3) is 0 Å². The fourth-order valence-electron chi connectivity index (χ4n) is 1.19. The maximum absolute atomic E-state index is 11.4. The monoisotopic (exact) mass is 237 g/mol. The number of hydrogen-bond donors (Lipinski definition) is 1. The van der Waals surface area contributed by atoms with Crippen molar-refractivity contribution in [3.05, 3.63) is 24.3 Å². The van der Waals surface area contributed by atoms with Gasteiger partial charge >= 0.3 is 0 Å². The lowest BCUT2D eigenvalue weighted by Gasteiger charge is -2.04. The third-order valence-corrected chi connectivity index (χ3v) is 2.82. The molecule has 0 aliphatic carbocycles. The molecule has 0 aromatic heterocycles. The largest absolute Gasteiger partial charge is 0.326 e. The molecule has 0 aliphatic rings. The molecule has 1 aromatic rings. The van der Waals surface area contributed by atoms with E-state index < -0.39 is 0 Å². The van der Waals surface area contributed by atoms with E-state index in [1.165, 1.54) is 6.92 Å². The van der Waals surface area contributed by atoms with Crippen molar-refractivity contribution in [3.8, 4) is 0 Å². The van der Waals surface area contributed by atoms with Crippen LogP contribution >= 0.6 is 11.8 Å². The minimum Gasteiger partial charge on any atom is -0.326 e. The third-order valence-electron chi connectivity index (χ3n) is 2.08. The fourth-order valence-corrected chi connectivity index (χ4v) is 1.60. The summed E-state index contributed by atoms with van der Waals surface area (Å²) >= 11 is 1.65. The number of hydrogen-bond acceptors (Lipinski definition) is 3. The Kier molecular flexibility index (Phi) is 5.05. The number of thioether (sulfide) groups is 1. The molecular weight excluding hydrogens is 222 g/mol. The van der Waals surface area contributed by atoms with E-state index in [0.29, 0.717) is 6.42 Å². The highest BCUT2D eigenvalue weighted by Gasteiger charge is 2.03. The van der Waals surface area contributed by atoms with E-state index in [9.17, 15) is 9.59 Å². The number of amides is 1. The predicted octanol–water partition coefficient (Wildman–Crippen LogP) is 2.72. The van der Waals surface area contributed by atoms with Gasteiger partial charge in [0.25, 0.3) is 0 Å². The highest BCUT2D eigenvalue weighted by atomic mass is 32.2. The summed E-state index contributed by atoms with van der Waals surface area (Å²) in [6.07, 6.45) is 2.55. The van der Waals surface area contributed by atoms with E-state index in [1.807, 2.05) is 30.5 Å². The molecule has 0 bridgehead atoms. The number of carbonyl (C=O) groups is 2. The van der Waals surface area contributed by atoms with Crippen molar-refractivity contribution in [2.45, 2.75) is 24.7 Å². The molecule has 1 rings (SSSR count). The second kappa shape index (κ2) is 6.33. The smallest absolute Gasteiger partial charge is 0.224 e. The van der Waals surface area contributed by atoms with Gasteiger partial charge in [0, 0.05) is 23.4 Å². The van der Waals surface area contributed by atoms with E-state index in [4.69, 9.17) is 0 Å². The van der Waals surface area contributed by atoms with Gasteiger partial charge in [0.1, 0.15) is 5.78 Å². The Morgan fingerprint density at radius 2 is 1.81 bits per heavy atom. The van der Waals surface area contributed by atoms with Crippen molar-refractivity contribution in [3.63, 3.8) is 0 Å². The summed E-state index contributed by atoms with van der Waals surface area (Å²) in [5, 5.41) is 2.75. The first-order valence-corrected chi connectivity index (χ1v) is 6.27. The second-order valence-electron chi connectivity index (χ2n) is 3.48. The average molecular weight is 237 g/mol. The summed E-state index contributed by atoms with van der Waals surface area (Å²) in [6, 6.07) is 7.62. The van der Waals surface area contributed by atoms with Gasteiger partial charge in [-0.2, -0.15) is 0 Å². The number of ketones is 1. The molecule has 0 saturated heterocycles. The first kappa shape index (κ1) is 12.8. The zero-order chi connectivity index (χ0) is 12.0. The van der Waals surface area contributed by atoms with E-state index in [2.05, 4.69) is 5.32 Å². The number of nitrogens with one attached hydrogen (secondary N) is 1. The normalized spacial score (nSPS) is 9.88. The summed E-state index contributed by atoms with van der Waals surface area (Å²) in [4.78, 5) is 23.3. The highest BCUT2D eigenvalue weighted by molar-refractivity contribution is 7.98. The van der Waals surface area contributed by atoms with Crippen LogP contribution in [0.2, 0.25) is 0 Å². The van der Waals surface area contributed by atoms with Crippen LogP contribution < -0.4 is 5.32 Å². The van der Waals surface area contributed by atoms with Crippen LogP contribution in [0.4, 0.5) is 5.69 Å². The number of Topliss-reactive ketones (excluding diaryl/α,β-unsaturated/α-hetero) is 1. The van der Waals surface area contributed by atoms with Gasteiger partial charge in [0.05, 0.1) is 0 Å². The molecule has 0 fully saturated rings. The molecule has 0 aliphatic heterocycles. The maximum atomic E-state index is 11.4. The molecule has 0 atom stereocenters. The lowest BCUT2D eigenvalue weighted by atomic mass is 10.2. The van der Waals surface area contributed by atoms with Gasteiger partial charge in [0.2, 0.25) is 5.91 Å². The molecule has 1 amide bonds. The van der Waals surface area contributed by atoms with E-state index >= 15 is 0 Å². The Hall–Kier alpha value is -1.29. The van der Waals surface area contributed by atoms with Gasteiger partial charge in [-0.1, -0.05) is 0 Å². The topological polar surface area (TPSA) is 46.2 Å². The van der Waals surface area contributed by atoms with Crippen LogP contribution in [0.1, 0.15) is 19.8 Å². The Bertz CT molecular complexity index is 373. The predicted molar refractivity (Wildman–Crippen MR) is 66.8 cm³/mol. The van der Waals surface area contributed by atoms with Crippen LogP contribution in [-0.4, -0.2) is 17.9 Å². The zero-order valence-electron chi connectivity index (χ0n) is 9.45. The maximum Gasteiger partial charge on any atom is 0.224 e. The molecule has 1 N–H and O–H groups in total. The molecule has 0 unspecified atom stereocenters. The third kappa shape index (κ3) is 4.49. The minimum atomic E-state index is -0.118. The Morgan fingerprint density at radius 3 is 2.31 bits per heavy atom. The van der Waals surface area contributed by atoms with Gasteiger partial charge < -0.3 is 10.1 Å². The van der Waals surface area contributed by atoms with E-state index in [-0.39, 0.29) is 18.1 Å². The first-order valence-electron chi connectivity index (χ1n) is 5.05. The molecular formula is C12H15NO2S. The lowest BCUT2D eigenvalue weighted by molar-refractivity contribution is -0.121. The zero-order valence-corrected chi connectivity index (χ0v) is 10.3. The van der Waals surface area contributed by atoms with Gasteiger partial charge in [-0.15, -0.1) is 11.8 Å². The highest BCUT2D eigenvalue weighted by Crippen LogP contribution is 2.17.